The third kappa shape index (κ3) is 4.87. The molecule has 2 aromatic rings. The van der Waals surface area contributed by atoms with Gasteiger partial charge in [-0.3, -0.25) is 4.90 Å². The number of nitrogens with one attached hydrogen (secondary N) is 1. The molecule has 0 bridgehead atoms. The van der Waals surface area contributed by atoms with Gasteiger partial charge in [0.15, 0.2) is 6.17 Å². The monoisotopic (exact) mass is 502 g/mol. The Hall–Kier alpha value is -2.75. The Morgan fingerprint density at radius 3 is 2.74 bits per heavy atom. The number of fused-ring (bicyclic) bond motifs is 1. The van der Waals surface area contributed by atoms with Crippen LogP contribution in [0.5, 0.6) is 5.75 Å². The lowest BCUT2D eigenvalue weighted by Crippen LogP contribution is -2.43. The molecule has 0 spiro atoms. The van der Waals surface area contributed by atoms with Gasteiger partial charge in [-0.05, 0) is 38.1 Å². The van der Waals surface area contributed by atoms with E-state index >= 15 is 0 Å². The standard InChI is InChI=1S/C24H27ClN4O4S/c1-24(2,16-7-5-6-8-19(16)33-12-11-31-3)34-15-9-10-17(25)18(13-15)29-21-20(28-23(29)30)22(32-4)27-14-26-21/h5-10,13-14,20-21H,11-12H2,1-4H3,(H,28,30). The van der Waals surface area contributed by atoms with Crippen molar-refractivity contribution in [3.63, 3.8) is 0 Å². The molecule has 1 saturated heterocycles. The molecule has 2 heterocycles. The summed E-state index contributed by atoms with van der Waals surface area (Å²) >= 11 is 8.21. The molecule has 2 unspecified atom stereocenters. The Balaban J connectivity index is 1.61. The quantitative estimate of drug-likeness (QED) is 0.417. The fourth-order valence-corrected chi connectivity index (χ4v) is 5.36. The molecule has 2 aliphatic rings. The van der Waals surface area contributed by atoms with E-state index in [0.717, 1.165) is 16.2 Å². The molecule has 0 aromatic heterocycles. The fraction of sp³-hybridized carbons (Fsp3) is 0.375. The maximum atomic E-state index is 12.9. The predicted molar refractivity (Wildman–Crippen MR) is 136 cm³/mol. The van der Waals surface area contributed by atoms with E-state index < -0.39 is 12.2 Å². The summed E-state index contributed by atoms with van der Waals surface area (Å²) in [5, 5.41) is 3.34. The highest BCUT2D eigenvalue weighted by Gasteiger charge is 2.45. The van der Waals surface area contributed by atoms with Crippen LogP contribution in [-0.2, 0) is 14.2 Å². The minimum atomic E-state index is -0.527. The lowest BCUT2D eigenvalue weighted by atomic mass is 10.0. The number of anilines is 1. The molecule has 4 rings (SSSR count). The van der Waals surface area contributed by atoms with E-state index in [-0.39, 0.29) is 10.8 Å². The zero-order valence-corrected chi connectivity index (χ0v) is 21.0. The Labute approximate surface area is 208 Å². The summed E-state index contributed by atoms with van der Waals surface area (Å²) in [6.07, 6.45) is 0.879. The van der Waals surface area contributed by atoms with Crippen LogP contribution in [-0.4, -0.2) is 57.9 Å². The molecule has 2 amide bonds. The molecule has 0 aliphatic carbocycles. The van der Waals surface area contributed by atoms with Crippen molar-refractivity contribution in [3.05, 3.63) is 53.1 Å². The summed E-state index contributed by atoms with van der Waals surface area (Å²) < 4.78 is 16.1. The van der Waals surface area contributed by atoms with Crippen molar-refractivity contribution in [3.8, 4) is 5.75 Å². The average Bonchev–Trinajstić information content (AvgIpc) is 3.16. The summed E-state index contributed by atoms with van der Waals surface area (Å²) in [5.74, 6) is 1.22. The second-order valence-corrected chi connectivity index (χ2v) is 10.3. The molecule has 8 nitrogen and oxygen atoms in total. The van der Waals surface area contributed by atoms with E-state index in [0.29, 0.717) is 29.8 Å². The lowest BCUT2D eigenvalue weighted by Gasteiger charge is -2.28. The van der Waals surface area contributed by atoms with Gasteiger partial charge in [-0.25, -0.2) is 14.8 Å². The van der Waals surface area contributed by atoms with Crippen molar-refractivity contribution in [2.24, 2.45) is 9.98 Å². The van der Waals surface area contributed by atoms with Gasteiger partial charge in [0.25, 0.3) is 0 Å². The van der Waals surface area contributed by atoms with Crippen LogP contribution in [0.25, 0.3) is 0 Å². The van der Waals surface area contributed by atoms with E-state index in [1.54, 1.807) is 29.8 Å². The number of thioether (sulfide) groups is 1. The van der Waals surface area contributed by atoms with Crippen molar-refractivity contribution >= 4 is 47.3 Å². The fourth-order valence-electron chi connectivity index (χ4n) is 3.97. The maximum Gasteiger partial charge on any atom is 0.324 e. The van der Waals surface area contributed by atoms with Crippen LogP contribution in [0, 0.1) is 0 Å². The number of carbonyl (C=O) groups is 1. The SMILES string of the molecule is COCCOc1ccccc1C(C)(C)Sc1ccc(Cl)c(N2C(=O)NC3C(OC)=NC=NC32)c1. The first-order chi connectivity index (χ1) is 16.4. The molecule has 1 N–H and O–H groups in total. The number of hydrogen-bond donors (Lipinski definition) is 1. The van der Waals surface area contributed by atoms with Gasteiger partial charge in [-0.1, -0.05) is 29.8 Å². The van der Waals surface area contributed by atoms with Crippen molar-refractivity contribution in [2.45, 2.75) is 35.7 Å². The first-order valence-corrected chi connectivity index (χ1v) is 12.0. The lowest BCUT2D eigenvalue weighted by molar-refractivity contribution is 0.145. The first-order valence-electron chi connectivity index (χ1n) is 10.8. The van der Waals surface area contributed by atoms with E-state index in [4.69, 9.17) is 25.8 Å². The number of urea groups is 1. The molecule has 2 aliphatic heterocycles. The van der Waals surface area contributed by atoms with Gasteiger partial charge in [0.1, 0.15) is 24.7 Å². The zero-order chi connectivity index (χ0) is 24.3. The maximum absolute atomic E-state index is 12.9. The van der Waals surface area contributed by atoms with Crippen molar-refractivity contribution in [2.75, 3.05) is 32.3 Å². The zero-order valence-electron chi connectivity index (χ0n) is 19.4. The summed E-state index contributed by atoms with van der Waals surface area (Å²) in [7, 11) is 3.17. The van der Waals surface area contributed by atoms with E-state index in [2.05, 4.69) is 35.2 Å². The van der Waals surface area contributed by atoms with E-state index in [1.807, 2.05) is 30.3 Å². The van der Waals surface area contributed by atoms with Crippen LogP contribution < -0.4 is 15.0 Å². The van der Waals surface area contributed by atoms with Gasteiger partial charge in [0.2, 0.25) is 5.90 Å². The Morgan fingerprint density at radius 2 is 1.97 bits per heavy atom. The molecule has 0 radical (unpaired) electrons. The predicted octanol–water partition coefficient (Wildman–Crippen LogP) is 4.70. The first kappa shape index (κ1) is 24.4. The molecule has 34 heavy (non-hydrogen) atoms. The molecule has 10 heteroatoms. The number of ether oxygens (including phenoxy) is 3. The number of aliphatic imine (C=N–C) groups is 2. The summed E-state index contributed by atoms with van der Waals surface area (Å²) in [5.41, 5.74) is 1.64. The average molecular weight is 503 g/mol. The van der Waals surface area contributed by atoms with Crippen molar-refractivity contribution < 1.29 is 19.0 Å². The molecule has 180 valence electrons. The van der Waals surface area contributed by atoms with Gasteiger partial charge >= 0.3 is 6.03 Å². The summed E-state index contributed by atoms with van der Waals surface area (Å²) in [6.45, 7) is 5.26. The highest BCUT2D eigenvalue weighted by atomic mass is 35.5. The van der Waals surface area contributed by atoms with Gasteiger partial charge in [0.05, 0.1) is 24.4 Å². The summed E-state index contributed by atoms with van der Waals surface area (Å²) in [4.78, 5) is 23.9. The minimum absolute atomic E-state index is 0.306. The van der Waals surface area contributed by atoms with Crippen molar-refractivity contribution in [1.82, 2.24) is 5.32 Å². The number of methoxy groups -OCH3 is 2. The number of halogens is 1. The van der Waals surface area contributed by atoms with Crippen LogP contribution in [0.4, 0.5) is 10.5 Å². The number of amides is 2. The molecule has 0 saturated carbocycles. The Morgan fingerprint density at radius 1 is 1.18 bits per heavy atom. The smallest absolute Gasteiger partial charge is 0.324 e. The Kier molecular flexibility index (Phi) is 7.35. The van der Waals surface area contributed by atoms with E-state index in [1.165, 1.54) is 13.4 Å². The van der Waals surface area contributed by atoms with Gasteiger partial charge < -0.3 is 19.5 Å². The second kappa shape index (κ2) is 10.2. The second-order valence-electron chi connectivity index (χ2n) is 8.21. The van der Waals surface area contributed by atoms with Gasteiger partial charge in [-0.2, -0.15) is 0 Å². The number of para-hydroxylation sites is 1. The molecule has 2 aromatic carbocycles. The molecular formula is C24H27ClN4O4S. The molecular weight excluding hydrogens is 476 g/mol. The summed E-state index contributed by atoms with van der Waals surface area (Å²) in [6, 6.07) is 12.9. The van der Waals surface area contributed by atoms with Gasteiger partial charge in [0, 0.05) is 22.3 Å². The van der Waals surface area contributed by atoms with Crippen LogP contribution in [0.3, 0.4) is 0 Å². The van der Waals surface area contributed by atoms with Gasteiger partial charge in [-0.15, -0.1) is 11.8 Å². The number of carbonyl (C=O) groups excluding carboxylic acids is 1. The van der Waals surface area contributed by atoms with Crippen LogP contribution in [0.2, 0.25) is 5.02 Å². The largest absolute Gasteiger partial charge is 0.491 e. The number of nitrogens with zero attached hydrogens (tertiary/aromatic N) is 3. The number of benzene rings is 2. The van der Waals surface area contributed by atoms with Crippen LogP contribution in [0.15, 0.2) is 57.3 Å². The van der Waals surface area contributed by atoms with Crippen LogP contribution in [0.1, 0.15) is 19.4 Å². The van der Waals surface area contributed by atoms with E-state index in [9.17, 15) is 4.79 Å². The number of hydrogen-bond acceptors (Lipinski definition) is 7. The highest BCUT2D eigenvalue weighted by Crippen LogP contribution is 2.46. The highest BCUT2D eigenvalue weighted by molar-refractivity contribution is 8.00. The third-order valence-electron chi connectivity index (χ3n) is 5.57. The minimum Gasteiger partial charge on any atom is -0.491 e. The number of rotatable bonds is 8. The topological polar surface area (TPSA) is 84.8 Å². The van der Waals surface area contributed by atoms with Crippen LogP contribution >= 0.6 is 23.4 Å². The normalized spacial score (nSPS) is 19.5. The molecule has 2 atom stereocenters. The Bertz CT molecular complexity index is 1120. The molecule has 1 fully saturated rings. The van der Waals surface area contributed by atoms with Crippen molar-refractivity contribution in [1.29, 1.82) is 0 Å². The third-order valence-corrected chi connectivity index (χ3v) is 7.11.